The van der Waals surface area contributed by atoms with E-state index in [4.69, 9.17) is 20.4 Å². The van der Waals surface area contributed by atoms with Crippen LogP contribution in [0.25, 0.3) is 0 Å². The molecule has 0 saturated carbocycles. The van der Waals surface area contributed by atoms with Crippen molar-refractivity contribution < 1.29 is 12.7 Å². The maximum absolute atomic E-state index is 4.70. The Hall–Kier alpha value is 0.994. The second-order valence-electron chi connectivity index (χ2n) is 3.28. The molecule has 0 saturated heterocycles. The molecule has 0 aromatic rings. The summed E-state index contributed by atoms with van der Waals surface area (Å²) in [5.41, 5.74) is 0. The van der Waals surface area contributed by atoms with Gasteiger partial charge >= 0.3 is 33.0 Å². The molecule has 0 aliphatic rings. The number of hydrogen-bond acceptors (Lipinski definition) is 2. The van der Waals surface area contributed by atoms with Crippen molar-refractivity contribution in [3.05, 3.63) is 0 Å². The first-order chi connectivity index (χ1) is 8.11. The Balaban J connectivity index is -0.000000188. The van der Waals surface area contributed by atoms with Crippen LogP contribution in [0.3, 0.4) is 0 Å². The van der Waals surface area contributed by atoms with Crippen LogP contribution in [0.4, 0.5) is 0 Å². The van der Waals surface area contributed by atoms with Crippen LogP contribution in [0, 0.1) is 0 Å². The molecule has 0 heterocycles. The topological polar surface area (TPSA) is 6.48 Å². The fraction of sp³-hybridized carbons (Fsp3) is 1.00. The molecule has 0 aliphatic heterocycles. The van der Waals surface area contributed by atoms with Gasteiger partial charge in [-0.3, -0.25) is 0 Å². The SMILES string of the molecule is CCN(CC)CC.CCN(CC)CC.[Cl][Ni][Cl]. The molecule has 0 bridgehead atoms. The van der Waals surface area contributed by atoms with Gasteiger partial charge in [0.1, 0.15) is 0 Å². The van der Waals surface area contributed by atoms with Crippen molar-refractivity contribution in [2.24, 2.45) is 0 Å². The minimum atomic E-state index is 0.569. The zero-order valence-corrected chi connectivity index (χ0v) is 14.7. The Morgan fingerprint density at radius 3 is 0.706 bits per heavy atom. The third-order valence-electron chi connectivity index (χ3n) is 2.68. The first-order valence-corrected chi connectivity index (χ1v) is 9.10. The molecule has 0 spiro atoms. The monoisotopic (exact) mass is 330 g/mol. The van der Waals surface area contributed by atoms with Gasteiger partial charge < -0.3 is 9.80 Å². The Bertz CT molecular complexity index is 87.7. The molecule has 0 radical (unpaired) electrons. The van der Waals surface area contributed by atoms with Crippen molar-refractivity contribution >= 4 is 20.4 Å². The van der Waals surface area contributed by atoms with E-state index in [0.717, 1.165) is 0 Å². The molecule has 0 amide bonds. The quantitative estimate of drug-likeness (QED) is 0.677. The van der Waals surface area contributed by atoms with Gasteiger partial charge in [0.05, 0.1) is 0 Å². The van der Waals surface area contributed by atoms with Crippen molar-refractivity contribution in [3.8, 4) is 0 Å². The average molecular weight is 332 g/mol. The van der Waals surface area contributed by atoms with E-state index in [1.807, 2.05) is 0 Å². The number of hydrogen-bond donors (Lipinski definition) is 0. The second-order valence-corrected chi connectivity index (χ2v) is 4.92. The van der Waals surface area contributed by atoms with Gasteiger partial charge in [-0.25, -0.2) is 0 Å². The first kappa shape index (κ1) is 23.1. The summed E-state index contributed by atoms with van der Waals surface area (Å²) in [6, 6.07) is 0. The molecule has 0 aliphatic carbocycles. The average Bonchev–Trinajstić information content (AvgIpc) is 2.35. The summed E-state index contributed by atoms with van der Waals surface area (Å²) in [7, 11) is 9.40. The predicted octanol–water partition coefficient (Wildman–Crippen LogP) is 4.07. The second kappa shape index (κ2) is 22.2. The summed E-state index contributed by atoms with van der Waals surface area (Å²) < 4.78 is 0. The maximum atomic E-state index is 4.70. The molecule has 5 heteroatoms. The van der Waals surface area contributed by atoms with Gasteiger partial charge in [-0.1, -0.05) is 41.5 Å². The van der Waals surface area contributed by atoms with Gasteiger partial charge in [-0.2, -0.15) is 0 Å². The molecular formula is C12H30Cl2N2Ni. The number of nitrogens with zero attached hydrogens (tertiary/aromatic N) is 2. The van der Waals surface area contributed by atoms with Gasteiger partial charge in [-0.15, -0.1) is 0 Å². The summed E-state index contributed by atoms with van der Waals surface area (Å²) in [5, 5.41) is 0. The molecule has 0 aromatic carbocycles. The van der Waals surface area contributed by atoms with Crippen LogP contribution in [0.1, 0.15) is 41.5 Å². The summed E-state index contributed by atoms with van der Waals surface area (Å²) in [4.78, 5) is 4.75. The van der Waals surface area contributed by atoms with Crippen LogP contribution in [0.15, 0.2) is 0 Å². The van der Waals surface area contributed by atoms with E-state index in [2.05, 4.69) is 51.3 Å². The van der Waals surface area contributed by atoms with E-state index in [1.165, 1.54) is 39.3 Å². The van der Waals surface area contributed by atoms with Crippen LogP contribution in [0.2, 0.25) is 0 Å². The molecule has 112 valence electrons. The van der Waals surface area contributed by atoms with Gasteiger partial charge in [0, 0.05) is 0 Å². The fourth-order valence-electron chi connectivity index (χ4n) is 1.34. The zero-order chi connectivity index (χ0) is 14.1. The Labute approximate surface area is 123 Å². The van der Waals surface area contributed by atoms with Crippen molar-refractivity contribution in [1.82, 2.24) is 9.80 Å². The van der Waals surface area contributed by atoms with Crippen molar-refractivity contribution in [3.63, 3.8) is 0 Å². The molecule has 0 atom stereocenters. The van der Waals surface area contributed by atoms with E-state index in [-0.39, 0.29) is 0 Å². The third-order valence-corrected chi connectivity index (χ3v) is 2.68. The summed E-state index contributed by atoms with van der Waals surface area (Å²) >= 11 is 0.569. The molecule has 0 rings (SSSR count). The molecule has 0 N–H and O–H groups in total. The Morgan fingerprint density at radius 1 is 0.588 bits per heavy atom. The van der Waals surface area contributed by atoms with Crippen LogP contribution in [-0.4, -0.2) is 49.1 Å². The molecule has 0 unspecified atom stereocenters. The van der Waals surface area contributed by atoms with Gasteiger partial charge in [0.2, 0.25) is 0 Å². The summed E-state index contributed by atoms with van der Waals surface area (Å²) in [6.45, 7) is 20.2. The first-order valence-electron chi connectivity index (χ1n) is 6.38. The van der Waals surface area contributed by atoms with Crippen LogP contribution >= 0.6 is 20.4 Å². The van der Waals surface area contributed by atoms with Gasteiger partial charge in [0.25, 0.3) is 0 Å². The predicted molar refractivity (Wildman–Crippen MR) is 78.6 cm³/mol. The van der Waals surface area contributed by atoms with Gasteiger partial charge in [0.15, 0.2) is 0 Å². The standard InChI is InChI=1S/2C6H15N.2ClH.Ni/c2*1-4-7(5-2)6-3;;;/h2*4-6H2,1-3H3;2*1H;/q;;;;+2/p-2. The zero-order valence-electron chi connectivity index (χ0n) is 12.2. The number of rotatable bonds is 6. The van der Waals surface area contributed by atoms with Crippen LogP contribution < -0.4 is 0 Å². The summed E-state index contributed by atoms with van der Waals surface area (Å²) in [6.07, 6.45) is 0. The summed E-state index contributed by atoms with van der Waals surface area (Å²) in [5.74, 6) is 0. The Morgan fingerprint density at radius 2 is 0.706 bits per heavy atom. The van der Waals surface area contributed by atoms with E-state index in [9.17, 15) is 0 Å². The van der Waals surface area contributed by atoms with E-state index >= 15 is 0 Å². The van der Waals surface area contributed by atoms with Crippen molar-refractivity contribution in [1.29, 1.82) is 0 Å². The number of halogens is 2. The molecule has 0 aromatic heterocycles. The molecule has 17 heavy (non-hydrogen) atoms. The van der Waals surface area contributed by atoms with Crippen molar-refractivity contribution in [2.45, 2.75) is 41.5 Å². The van der Waals surface area contributed by atoms with Crippen LogP contribution in [0.5, 0.6) is 0 Å². The fourth-order valence-corrected chi connectivity index (χ4v) is 1.34. The minimum absolute atomic E-state index is 0.569. The van der Waals surface area contributed by atoms with E-state index in [1.54, 1.807) is 0 Å². The van der Waals surface area contributed by atoms with Crippen LogP contribution in [-0.2, 0) is 12.7 Å². The van der Waals surface area contributed by atoms with Crippen molar-refractivity contribution in [2.75, 3.05) is 39.3 Å². The molecule has 0 fully saturated rings. The third kappa shape index (κ3) is 22.6. The molecule has 2 nitrogen and oxygen atoms in total. The van der Waals surface area contributed by atoms with Gasteiger partial charge in [-0.05, 0) is 39.3 Å². The normalized spacial score (nSPS) is 9.76. The van der Waals surface area contributed by atoms with E-state index in [0.29, 0.717) is 12.7 Å². The Kier molecular flexibility index (Phi) is 30.2. The molecular weight excluding hydrogens is 302 g/mol. The van der Waals surface area contributed by atoms with E-state index < -0.39 is 0 Å².